The van der Waals surface area contributed by atoms with Crippen molar-refractivity contribution in [3.05, 3.63) is 33.9 Å². The second-order valence-electron chi connectivity index (χ2n) is 5.02. The van der Waals surface area contributed by atoms with Crippen LogP contribution in [0.5, 0.6) is 0 Å². The number of nitrogens with one attached hydrogen (secondary N) is 1. The summed E-state index contributed by atoms with van der Waals surface area (Å²) < 4.78 is 0. The first-order valence-electron chi connectivity index (χ1n) is 6.08. The molecule has 0 aromatic heterocycles. The van der Waals surface area contributed by atoms with E-state index in [1.807, 2.05) is 6.07 Å². The first-order chi connectivity index (χ1) is 8.06. The molecule has 1 aliphatic carbocycles. The van der Waals surface area contributed by atoms with Gasteiger partial charge in [0.25, 0.3) is 5.69 Å². The maximum Gasteiger partial charge on any atom is 0.274 e. The summed E-state index contributed by atoms with van der Waals surface area (Å²) in [7, 11) is 0. The molecule has 0 aliphatic heterocycles. The van der Waals surface area contributed by atoms with Crippen molar-refractivity contribution < 1.29 is 4.92 Å². The summed E-state index contributed by atoms with van der Waals surface area (Å²) >= 11 is 0. The number of anilines is 1. The highest BCUT2D eigenvalue weighted by atomic mass is 16.6. The van der Waals surface area contributed by atoms with Crippen molar-refractivity contribution in [1.29, 1.82) is 0 Å². The van der Waals surface area contributed by atoms with Crippen LogP contribution in [0.15, 0.2) is 18.2 Å². The molecular weight excluding hydrogens is 216 g/mol. The van der Waals surface area contributed by atoms with Gasteiger partial charge in [-0.05, 0) is 38.2 Å². The summed E-state index contributed by atoms with van der Waals surface area (Å²) in [6.45, 7) is 4.01. The van der Waals surface area contributed by atoms with Gasteiger partial charge in [0, 0.05) is 23.4 Å². The molecular formula is C13H18N2O2. The molecule has 0 saturated heterocycles. The van der Waals surface area contributed by atoms with E-state index >= 15 is 0 Å². The minimum Gasteiger partial charge on any atom is -0.382 e. The van der Waals surface area contributed by atoms with Crippen molar-refractivity contribution in [2.75, 3.05) is 5.32 Å². The molecule has 1 aliphatic rings. The lowest BCUT2D eigenvalue weighted by atomic mass is 10.1. The van der Waals surface area contributed by atoms with Gasteiger partial charge in [-0.25, -0.2) is 0 Å². The number of benzene rings is 1. The van der Waals surface area contributed by atoms with Crippen LogP contribution < -0.4 is 5.32 Å². The highest BCUT2D eigenvalue weighted by molar-refractivity contribution is 5.55. The molecule has 17 heavy (non-hydrogen) atoms. The standard InChI is InChI=1S/C13H18N2O2/c1-9-3-5-11(7-9)14-12-6-4-10(2)13(8-12)15(16)17/h4,6,8-9,11,14H,3,5,7H2,1-2H3. The molecule has 4 heteroatoms. The van der Waals surface area contributed by atoms with E-state index in [1.54, 1.807) is 19.1 Å². The third-order valence-corrected chi connectivity index (χ3v) is 3.47. The predicted molar refractivity (Wildman–Crippen MR) is 68.3 cm³/mol. The van der Waals surface area contributed by atoms with Crippen molar-refractivity contribution in [3.63, 3.8) is 0 Å². The first kappa shape index (κ1) is 11.9. The minimum absolute atomic E-state index is 0.195. The molecule has 0 heterocycles. The fraction of sp³-hybridized carbons (Fsp3) is 0.538. The van der Waals surface area contributed by atoms with Crippen LogP contribution in [-0.4, -0.2) is 11.0 Å². The summed E-state index contributed by atoms with van der Waals surface area (Å²) in [5, 5.41) is 14.2. The molecule has 4 nitrogen and oxygen atoms in total. The summed E-state index contributed by atoms with van der Waals surface area (Å²) in [6.07, 6.45) is 3.55. The highest BCUT2D eigenvalue weighted by Gasteiger charge is 2.21. The van der Waals surface area contributed by atoms with Crippen LogP contribution in [0.25, 0.3) is 0 Å². The third kappa shape index (κ3) is 2.75. The number of hydrogen-bond acceptors (Lipinski definition) is 3. The van der Waals surface area contributed by atoms with E-state index in [4.69, 9.17) is 0 Å². The molecule has 92 valence electrons. The number of nitro benzene ring substituents is 1. The molecule has 1 aromatic rings. The Morgan fingerprint density at radius 2 is 2.18 bits per heavy atom. The van der Waals surface area contributed by atoms with Gasteiger partial charge >= 0.3 is 0 Å². The normalized spacial score (nSPS) is 23.6. The van der Waals surface area contributed by atoms with Crippen LogP contribution in [0, 0.1) is 23.0 Å². The number of rotatable bonds is 3. The van der Waals surface area contributed by atoms with Gasteiger partial charge in [0.1, 0.15) is 0 Å². The van der Waals surface area contributed by atoms with Crippen LogP contribution >= 0.6 is 0 Å². The average molecular weight is 234 g/mol. The Bertz CT molecular complexity index is 431. The number of hydrogen-bond donors (Lipinski definition) is 1. The zero-order chi connectivity index (χ0) is 12.4. The van der Waals surface area contributed by atoms with E-state index in [1.165, 1.54) is 6.42 Å². The minimum atomic E-state index is -0.322. The SMILES string of the molecule is Cc1ccc(NC2CCC(C)C2)cc1[N+](=O)[O-]. The molecule has 1 N–H and O–H groups in total. The zero-order valence-corrected chi connectivity index (χ0v) is 10.3. The van der Waals surface area contributed by atoms with E-state index in [9.17, 15) is 10.1 Å². The molecule has 2 atom stereocenters. The van der Waals surface area contributed by atoms with Crippen LogP contribution in [-0.2, 0) is 0 Å². The summed E-state index contributed by atoms with van der Waals surface area (Å²) in [4.78, 5) is 10.5. The van der Waals surface area contributed by atoms with Crippen LogP contribution in [0.2, 0.25) is 0 Å². The number of nitrogens with zero attached hydrogens (tertiary/aromatic N) is 1. The van der Waals surface area contributed by atoms with Crippen LogP contribution in [0.1, 0.15) is 31.7 Å². The Labute approximate surface area is 101 Å². The molecule has 1 saturated carbocycles. The monoisotopic (exact) mass is 234 g/mol. The topological polar surface area (TPSA) is 55.2 Å². The largest absolute Gasteiger partial charge is 0.382 e. The molecule has 2 rings (SSSR count). The van der Waals surface area contributed by atoms with Crippen molar-refractivity contribution in [3.8, 4) is 0 Å². The van der Waals surface area contributed by atoms with Gasteiger partial charge < -0.3 is 5.32 Å². The van der Waals surface area contributed by atoms with E-state index in [2.05, 4.69) is 12.2 Å². The number of nitro groups is 1. The van der Waals surface area contributed by atoms with Gasteiger partial charge in [-0.15, -0.1) is 0 Å². The predicted octanol–water partition coefficient (Wildman–Crippen LogP) is 3.50. The lowest BCUT2D eigenvalue weighted by molar-refractivity contribution is -0.385. The second kappa shape index (κ2) is 4.73. The van der Waals surface area contributed by atoms with E-state index in [-0.39, 0.29) is 10.6 Å². The Kier molecular flexibility index (Phi) is 3.31. The summed E-state index contributed by atoms with van der Waals surface area (Å²) in [5.74, 6) is 0.757. The van der Waals surface area contributed by atoms with E-state index in [0.717, 1.165) is 24.4 Å². The second-order valence-corrected chi connectivity index (χ2v) is 5.02. The van der Waals surface area contributed by atoms with E-state index < -0.39 is 0 Å². The van der Waals surface area contributed by atoms with Gasteiger partial charge in [0.2, 0.25) is 0 Å². The molecule has 1 aromatic carbocycles. The molecule has 1 fully saturated rings. The lowest BCUT2D eigenvalue weighted by Crippen LogP contribution is -2.15. The van der Waals surface area contributed by atoms with Gasteiger partial charge in [0.15, 0.2) is 0 Å². The molecule has 0 amide bonds. The highest BCUT2D eigenvalue weighted by Crippen LogP contribution is 2.29. The van der Waals surface area contributed by atoms with Crippen molar-refractivity contribution >= 4 is 11.4 Å². The summed E-state index contributed by atoms with van der Waals surface area (Å²) in [6, 6.07) is 5.83. The molecule has 0 spiro atoms. The number of aryl methyl sites for hydroxylation is 1. The van der Waals surface area contributed by atoms with Gasteiger partial charge in [-0.3, -0.25) is 10.1 Å². The molecule has 0 bridgehead atoms. The smallest absolute Gasteiger partial charge is 0.274 e. The zero-order valence-electron chi connectivity index (χ0n) is 10.3. The Balaban J connectivity index is 2.11. The fourth-order valence-corrected chi connectivity index (χ4v) is 2.47. The fourth-order valence-electron chi connectivity index (χ4n) is 2.47. The molecule has 0 radical (unpaired) electrons. The van der Waals surface area contributed by atoms with Gasteiger partial charge in [-0.2, -0.15) is 0 Å². The van der Waals surface area contributed by atoms with E-state index in [0.29, 0.717) is 11.6 Å². The van der Waals surface area contributed by atoms with Crippen molar-refractivity contribution in [2.45, 2.75) is 39.2 Å². The third-order valence-electron chi connectivity index (χ3n) is 3.47. The quantitative estimate of drug-likeness (QED) is 0.643. The van der Waals surface area contributed by atoms with Gasteiger partial charge in [0.05, 0.1) is 4.92 Å². The lowest BCUT2D eigenvalue weighted by Gasteiger charge is -2.14. The maximum atomic E-state index is 10.8. The average Bonchev–Trinajstić information content (AvgIpc) is 2.66. The maximum absolute atomic E-state index is 10.8. The Morgan fingerprint density at radius 3 is 2.76 bits per heavy atom. The van der Waals surface area contributed by atoms with Gasteiger partial charge in [-0.1, -0.05) is 13.0 Å². The van der Waals surface area contributed by atoms with Crippen LogP contribution in [0.3, 0.4) is 0 Å². The Hall–Kier alpha value is -1.58. The van der Waals surface area contributed by atoms with Crippen LogP contribution in [0.4, 0.5) is 11.4 Å². The molecule has 2 unspecified atom stereocenters. The van der Waals surface area contributed by atoms with Crippen molar-refractivity contribution in [2.24, 2.45) is 5.92 Å². The Morgan fingerprint density at radius 1 is 1.41 bits per heavy atom. The first-order valence-corrected chi connectivity index (χ1v) is 6.08. The van der Waals surface area contributed by atoms with Crippen molar-refractivity contribution in [1.82, 2.24) is 0 Å². The summed E-state index contributed by atoms with van der Waals surface area (Å²) in [5.41, 5.74) is 1.77.